The number of piperidine rings is 1. The fourth-order valence-corrected chi connectivity index (χ4v) is 3.43. The Balaban J connectivity index is 1.71. The lowest BCUT2D eigenvalue weighted by Gasteiger charge is -2.40. The fraction of sp³-hybridized carbons (Fsp3) is 0.529. The van der Waals surface area contributed by atoms with Crippen LogP contribution in [0.25, 0.3) is 0 Å². The normalized spacial score (nSPS) is 26.0. The molecule has 2 atom stereocenters. The molecule has 0 aliphatic carbocycles. The molecule has 1 aromatic rings. The third-order valence-corrected chi connectivity index (χ3v) is 4.86. The zero-order chi connectivity index (χ0) is 18.2. The number of rotatable bonds is 2. The first kappa shape index (κ1) is 17.9. The predicted octanol–water partition coefficient (Wildman–Crippen LogP) is 3.42. The third-order valence-electron chi connectivity index (χ3n) is 4.61. The molecule has 2 fully saturated rings. The maximum Gasteiger partial charge on any atom is 0.415 e. The summed E-state index contributed by atoms with van der Waals surface area (Å²) in [6.07, 6.45) is -0.641. The van der Waals surface area contributed by atoms with Crippen LogP contribution in [0.1, 0.15) is 19.8 Å². The Hall–Kier alpha value is -1.89. The van der Waals surface area contributed by atoms with E-state index < -0.39 is 31.0 Å². The van der Waals surface area contributed by atoms with Crippen molar-refractivity contribution in [3.8, 4) is 5.75 Å². The zero-order valence-corrected chi connectivity index (χ0v) is 14.5. The van der Waals surface area contributed by atoms with Gasteiger partial charge in [-0.05, 0) is 30.7 Å². The number of hydrogen-bond acceptors (Lipinski definition) is 3. The summed E-state index contributed by atoms with van der Waals surface area (Å²) in [4.78, 5) is 26.9. The highest BCUT2D eigenvalue weighted by Gasteiger charge is 2.47. The Labute approximate surface area is 149 Å². The van der Waals surface area contributed by atoms with Crippen molar-refractivity contribution in [2.75, 3.05) is 19.6 Å². The molecule has 2 heterocycles. The van der Waals surface area contributed by atoms with E-state index in [0.29, 0.717) is 18.0 Å². The minimum atomic E-state index is -3.06. The van der Waals surface area contributed by atoms with E-state index in [2.05, 4.69) is 0 Å². The molecule has 136 valence electrons. The number of amides is 2. The van der Waals surface area contributed by atoms with Gasteiger partial charge in [-0.3, -0.25) is 9.69 Å². The summed E-state index contributed by atoms with van der Waals surface area (Å²) in [6.45, 7) is 1.56. The minimum absolute atomic E-state index is 0.0421. The summed E-state index contributed by atoms with van der Waals surface area (Å²) in [5.74, 6) is -3.13. The average molecular weight is 373 g/mol. The summed E-state index contributed by atoms with van der Waals surface area (Å²) < 4.78 is 33.4. The first-order valence-electron chi connectivity index (χ1n) is 8.16. The highest BCUT2D eigenvalue weighted by atomic mass is 35.5. The molecule has 1 aromatic carbocycles. The summed E-state index contributed by atoms with van der Waals surface area (Å²) in [5, 5.41) is 0.478. The van der Waals surface area contributed by atoms with Gasteiger partial charge in [0.05, 0.1) is 12.6 Å². The summed E-state index contributed by atoms with van der Waals surface area (Å²) in [7, 11) is 0. The zero-order valence-electron chi connectivity index (χ0n) is 13.8. The largest absolute Gasteiger partial charge is 0.415 e. The molecule has 0 N–H and O–H groups in total. The van der Waals surface area contributed by atoms with Crippen LogP contribution in [0, 0.1) is 5.92 Å². The highest BCUT2D eigenvalue weighted by Crippen LogP contribution is 2.33. The molecule has 2 aliphatic heterocycles. The number of halogens is 3. The molecule has 8 heteroatoms. The van der Waals surface area contributed by atoms with Crippen LogP contribution in [0.3, 0.4) is 0 Å². The summed E-state index contributed by atoms with van der Waals surface area (Å²) >= 11 is 5.76. The van der Waals surface area contributed by atoms with Crippen LogP contribution in [0.4, 0.5) is 13.6 Å². The van der Waals surface area contributed by atoms with Gasteiger partial charge in [0.25, 0.3) is 5.92 Å². The molecule has 1 unspecified atom stereocenters. The molecule has 3 rings (SSSR count). The van der Waals surface area contributed by atoms with E-state index in [1.807, 2.05) is 0 Å². The SMILES string of the molecule is C[C@@H]1CCN(C2CN(C(=O)Oc3ccc(Cl)cc3)CC(F)(F)C2)C1=O. The lowest BCUT2D eigenvalue weighted by Crippen LogP contribution is -2.57. The second-order valence-corrected chi connectivity index (χ2v) is 7.07. The Bertz CT molecular complexity index is 668. The van der Waals surface area contributed by atoms with Crippen LogP contribution in [0.2, 0.25) is 5.02 Å². The molecule has 0 spiro atoms. The Kier molecular flexibility index (Phi) is 4.86. The van der Waals surface area contributed by atoms with Crippen molar-refractivity contribution in [2.24, 2.45) is 5.92 Å². The molecule has 2 saturated heterocycles. The van der Waals surface area contributed by atoms with Crippen molar-refractivity contribution in [3.63, 3.8) is 0 Å². The quantitative estimate of drug-likeness (QED) is 0.799. The predicted molar refractivity (Wildman–Crippen MR) is 87.9 cm³/mol. The van der Waals surface area contributed by atoms with E-state index in [-0.39, 0.29) is 24.1 Å². The van der Waals surface area contributed by atoms with Gasteiger partial charge in [-0.1, -0.05) is 18.5 Å². The lowest BCUT2D eigenvalue weighted by molar-refractivity contribution is -0.138. The molecule has 2 amide bonds. The van der Waals surface area contributed by atoms with E-state index in [4.69, 9.17) is 16.3 Å². The van der Waals surface area contributed by atoms with E-state index in [1.54, 1.807) is 19.1 Å². The van der Waals surface area contributed by atoms with Crippen molar-refractivity contribution in [2.45, 2.75) is 31.7 Å². The first-order valence-corrected chi connectivity index (χ1v) is 8.53. The van der Waals surface area contributed by atoms with Crippen molar-refractivity contribution in [1.29, 1.82) is 0 Å². The monoisotopic (exact) mass is 372 g/mol. The molecular weight excluding hydrogens is 354 g/mol. The van der Waals surface area contributed by atoms with Gasteiger partial charge in [0.2, 0.25) is 5.91 Å². The van der Waals surface area contributed by atoms with Gasteiger partial charge >= 0.3 is 6.09 Å². The van der Waals surface area contributed by atoms with Crippen molar-refractivity contribution in [3.05, 3.63) is 29.3 Å². The topological polar surface area (TPSA) is 49.9 Å². The molecular formula is C17H19ClF2N2O3. The van der Waals surface area contributed by atoms with Gasteiger partial charge in [-0.15, -0.1) is 0 Å². The van der Waals surface area contributed by atoms with Crippen LogP contribution in [0.15, 0.2) is 24.3 Å². The molecule has 0 aromatic heterocycles. The van der Waals surface area contributed by atoms with Gasteiger partial charge < -0.3 is 9.64 Å². The number of ether oxygens (including phenoxy) is 1. The van der Waals surface area contributed by atoms with E-state index >= 15 is 0 Å². The molecule has 0 saturated carbocycles. The van der Waals surface area contributed by atoms with Crippen LogP contribution >= 0.6 is 11.6 Å². The van der Waals surface area contributed by atoms with Crippen molar-refractivity contribution < 1.29 is 23.1 Å². The van der Waals surface area contributed by atoms with Crippen LogP contribution in [-0.2, 0) is 4.79 Å². The second kappa shape index (κ2) is 6.78. The maximum absolute atomic E-state index is 14.1. The van der Waals surface area contributed by atoms with E-state index in [0.717, 1.165) is 4.90 Å². The molecule has 0 bridgehead atoms. The molecule has 0 radical (unpaired) electrons. The van der Waals surface area contributed by atoms with Crippen LogP contribution in [-0.4, -0.2) is 53.4 Å². The van der Waals surface area contributed by atoms with Crippen molar-refractivity contribution in [1.82, 2.24) is 9.80 Å². The number of hydrogen-bond donors (Lipinski definition) is 0. The number of likely N-dealkylation sites (tertiary alicyclic amines) is 2. The van der Waals surface area contributed by atoms with E-state index in [1.165, 1.54) is 17.0 Å². The Morgan fingerprint density at radius 1 is 1.32 bits per heavy atom. The van der Waals surface area contributed by atoms with E-state index in [9.17, 15) is 18.4 Å². The Morgan fingerprint density at radius 2 is 2.00 bits per heavy atom. The minimum Gasteiger partial charge on any atom is -0.410 e. The van der Waals surface area contributed by atoms with Gasteiger partial charge in [-0.25, -0.2) is 13.6 Å². The molecule has 25 heavy (non-hydrogen) atoms. The molecule has 5 nitrogen and oxygen atoms in total. The number of nitrogens with zero attached hydrogens (tertiary/aromatic N) is 2. The second-order valence-electron chi connectivity index (χ2n) is 6.64. The van der Waals surface area contributed by atoms with Gasteiger partial charge in [0.1, 0.15) is 5.75 Å². The number of benzene rings is 1. The van der Waals surface area contributed by atoms with Gasteiger partial charge in [0.15, 0.2) is 0 Å². The average Bonchev–Trinajstić information content (AvgIpc) is 2.87. The molecule has 2 aliphatic rings. The highest BCUT2D eigenvalue weighted by molar-refractivity contribution is 6.30. The number of alkyl halides is 2. The summed E-state index contributed by atoms with van der Waals surface area (Å²) in [5.41, 5.74) is 0. The van der Waals surface area contributed by atoms with Gasteiger partial charge in [-0.2, -0.15) is 0 Å². The maximum atomic E-state index is 14.1. The first-order chi connectivity index (χ1) is 11.7. The van der Waals surface area contributed by atoms with Gasteiger partial charge in [0, 0.05) is 30.5 Å². The standard InChI is InChI=1S/C17H19ClF2N2O3/c1-11-6-7-22(15(11)23)13-8-17(19,20)10-21(9-13)16(24)25-14-4-2-12(18)3-5-14/h2-5,11,13H,6-10H2,1H3/t11-,13?/m1/s1. The smallest absolute Gasteiger partial charge is 0.410 e. The van der Waals surface area contributed by atoms with Crippen LogP contribution < -0.4 is 4.74 Å². The third kappa shape index (κ3) is 4.03. The Morgan fingerprint density at radius 3 is 2.60 bits per heavy atom. The fourth-order valence-electron chi connectivity index (χ4n) is 3.30. The van der Waals surface area contributed by atoms with Crippen LogP contribution in [0.5, 0.6) is 5.75 Å². The summed E-state index contributed by atoms with van der Waals surface area (Å²) in [6, 6.07) is 5.38. The number of carbonyl (C=O) groups excluding carboxylic acids is 2. The van der Waals surface area contributed by atoms with Crippen molar-refractivity contribution >= 4 is 23.6 Å². The number of carbonyl (C=O) groups is 2. The lowest BCUT2D eigenvalue weighted by atomic mass is 10.0.